The summed E-state index contributed by atoms with van der Waals surface area (Å²) >= 11 is 0. The lowest BCUT2D eigenvalue weighted by Gasteiger charge is -2.44. The van der Waals surface area contributed by atoms with Crippen LogP contribution in [0.2, 0.25) is 0 Å². The largest absolute Gasteiger partial charge is 0.422 e. The average Bonchev–Trinajstić information content (AvgIpc) is 2.98. The molecule has 3 rings (SSSR count). The Bertz CT molecular complexity index is 916. The zero-order valence-electron chi connectivity index (χ0n) is 16.9. The van der Waals surface area contributed by atoms with E-state index in [1.165, 1.54) is 19.9 Å². The Kier molecular flexibility index (Phi) is 4.67. The minimum atomic E-state index is -1.84. The van der Waals surface area contributed by atoms with Crippen molar-refractivity contribution in [2.45, 2.75) is 32.0 Å². The van der Waals surface area contributed by atoms with Gasteiger partial charge in [0.15, 0.2) is 10.8 Å². The smallest absolute Gasteiger partial charge is 0.328 e. The molecule has 1 aliphatic heterocycles. The maximum Gasteiger partial charge on any atom is 0.328 e. The van der Waals surface area contributed by atoms with Crippen LogP contribution in [-0.4, -0.2) is 31.8 Å². The van der Waals surface area contributed by atoms with E-state index in [0.29, 0.717) is 5.56 Å². The zero-order valence-corrected chi connectivity index (χ0v) is 16.9. The van der Waals surface area contributed by atoms with Crippen molar-refractivity contribution in [2.75, 3.05) is 19.0 Å². The molecule has 1 aromatic rings. The van der Waals surface area contributed by atoms with E-state index in [0.717, 1.165) is 5.69 Å². The first kappa shape index (κ1) is 20.4. The zero-order chi connectivity index (χ0) is 21.6. The summed E-state index contributed by atoms with van der Waals surface area (Å²) in [6.07, 6.45) is 1.42. The SMILES string of the molecule is C=CC1CC(C#N)(C#N)C(c2ccc(N(C)C)cc2)C12C(=O)OC(C)(C)OC2=O. The standard InChI is InChI=1S/C22H23N3O4/c1-6-15-11-21(12-23,13-24)17(14-7-9-16(10-8-14)25(4)5)22(15)18(26)28-20(2,3)29-19(22)27/h6-10,15,17H,1,11H2,2-5H3. The van der Waals surface area contributed by atoms with Gasteiger partial charge >= 0.3 is 11.9 Å². The number of rotatable bonds is 3. The molecule has 2 unspecified atom stereocenters. The third kappa shape index (κ3) is 2.77. The first-order valence-electron chi connectivity index (χ1n) is 9.27. The molecule has 150 valence electrons. The summed E-state index contributed by atoms with van der Waals surface area (Å²) in [6, 6.07) is 11.2. The van der Waals surface area contributed by atoms with Gasteiger partial charge < -0.3 is 14.4 Å². The molecule has 0 N–H and O–H groups in total. The summed E-state index contributed by atoms with van der Waals surface area (Å²) in [5.41, 5.74) is -2.03. The van der Waals surface area contributed by atoms with Crippen molar-refractivity contribution in [3.8, 4) is 12.1 Å². The van der Waals surface area contributed by atoms with Crippen molar-refractivity contribution >= 4 is 17.6 Å². The van der Waals surface area contributed by atoms with Gasteiger partial charge in [0.2, 0.25) is 0 Å². The number of carbonyl (C=O) groups is 2. The summed E-state index contributed by atoms with van der Waals surface area (Å²) < 4.78 is 10.9. The lowest BCUT2D eigenvalue weighted by Crippen LogP contribution is -2.58. The number of benzene rings is 1. The van der Waals surface area contributed by atoms with Gasteiger partial charge in [0.25, 0.3) is 5.79 Å². The summed E-state index contributed by atoms with van der Waals surface area (Å²) in [5.74, 6) is -4.85. The van der Waals surface area contributed by atoms with E-state index >= 15 is 0 Å². The predicted molar refractivity (Wildman–Crippen MR) is 104 cm³/mol. The van der Waals surface area contributed by atoms with E-state index in [9.17, 15) is 20.1 Å². The summed E-state index contributed by atoms with van der Waals surface area (Å²) in [4.78, 5) is 28.5. The van der Waals surface area contributed by atoms with E-state index < -0.39 is 40.4 Å². The third-order valence-corrected chi connectivity index (χ3v) is 5.85. The maximum absolute atomic E-state index is 13.3. The van der Waals surface area contributed by atoms with Gasteiger partial charge in [0.05, 0.1) is 12.1 Å². The Morgan fingerprint density at radius 2 is 1.62 bits per heavy atom. The fourth-order valence-corrected chi connectivity index (χ4v) is 4.51. The second-order valence-corrected chi connectivity index (χ2v) is 8.21. The molecule has 0 bridgehead atoms. The average molecular weight is 393 g/mol. The van der Waals surface area contributed by atoms with Gasteiger partial charge in [-0.3, -0.25) is 9.59 Å². The van der Waals surface area contributed by atoms with Gasteiger partial charge in [-0.1, -0.05) is 18.2 Å². The predicted octanol–water partition coefficient (Wildman–Crippen LogP) is 2.90. The number of anilines is 1. The quantitative estimate of drug-likeness (QED) is 0.442. The fraction of sp³-hybridized carbons (Fsp3) is 0.455. The minimum absolute atomic E-state index is 0.0196. The van der Waals surface area contributed by atoms with Gasteiger partial charge in [0, 0.05) is 45.5 Å². The Labute approximate surface area is 170 Å². The first-order valence-corrected chi connectivity index (χ1v) is 9.27. The van der Waals surface area contributed by atoms with Crippen LogP contribution in [-0.2, 0) is 19.1 Å². The van der Waals surface area contributed by atoms with Crippen molar-refractivity contribution in [1.29, 1.82) is 10.5 Å². The van der Waals surface area contributed by atoms with E-state index in [4.69, 9.17) is 9.47 Å². The van der Waals surface area contributed by atoms with Crippen LogP contribution in [0.3, 0.4) is 0 Å². The number of hydrogen-bond donors (Lipinski definition) is 0. The molecule has 1 spiro atoms. The molecule has 7 heteroatoms. The molecular formula is C22H23N3O4. The summed E-state index contributed by atoms with van der Waals surface area (Å²) in [5, 5.41) is 19.9. The van der Waals surface area contributed by atoms with Crippen LogP contribution in [0.4, 0.5) is 5.69 Å². The van der Waals surface area contributed by atoms with Crippen LogP contribution in [0.1, 0.15) is 31.7 Å². The highest BCUT2D eigenvalue weighted by atomic mass is 16.7. The normalized spacial score (nSPS) is 26.0. The Morgan fingerprint density at radius 3 is 2.03 bits per heavy atom. The molecular weight excluding hydrogens is 370 g/mol. The molecule has 7 nitrogen and oxygen atoms in total. The number of esters is 2. The summed E-state index contributed by atoms with van der Waals surface area (Å²) in [6.45, 7) is 6.69. The number of ether oxygens (including phenoxy) is 2. The van der Waals surface area contributed by atoms with Gasteiger partial charge in [-0.25, -0.2) is 0 Å². The van der Waals surface area contributed by atoms with Crippen LogP contribution in [0.5, 0.6) is 0 Å². The Balaban J connectivity index is 2.28. The van der Waals surface area contributed by atoms with Crippen LogP contribution in [0, 0.1) is 39.4 Å². The summed E-state index contributed by atoms with van der Waals surface area (Å²) in [7, 11) is 3.76. The van der Waals surface area contributed by atoms with Gasteiger partial charge in [-0.15, -0.1) is 6.58 Å². The van der Waals surface area contributed by atoms with Crippen molar-refractivity contribution in [1.82, 2.24) is 0 Å². The van der Waals surface area contributed by atoms with Gasteiger partial charge in [-0.05, 0) is 24.1 Å². The number of nitrogens with zero attached hydrogens (tertiary/aromatic N) is 3. The lowest BCUT2D eigenvalue weighted by molar-refractivity contribution is -0.254. The van der Waals surface area contributed by atoms with E-state index in [-0.39, 0.29) is 6.42 Å². The van der Waals surface area contributed by atoms with Crippen LogP contribution in [0.25, 0.3) is 0 Å². The monoisotopic (exact) mass is 393 g/mol. The topological polar surface area (TPSA) is 103 Å². The molecule has 2 atom stereocenters. The molecule has 0 amide bonds. The maximum atomic E-state index is 13.3. The van der Waals surface area contributed by atoms with Gasteiger partial charge in [0.1, 0.15) is 0 Å². The molecule has 2 aliphatic rings. The van der Waals surface area contributed by atoms with E-state index in [1.54, 1.807) is 12.1 Å². The third-order valence-electron chi connectivity index (χ3n) is 5.85. The van der Waals surface area contributed by atoms with E-state index in [1.807, 2.05) is 31.1 Å². The number of allylic oxidation sites excluding steroid dienone is 1. The highest BCUT2D eigenvalue weighted by Crippen LogP contribution is 2.65. The Hall–Kier alpha value is -3.32. The first-order chi connectivity index (χ1) is 13.6. The molecule has 1 aliphatic carbocycles. The fourth-order valence-electron chi connectivity index (χ4n) is 4.51. The van der Waals surface area contributed by atoms with Gasteiger partial charge in [-0.2, -0.15) is 10.5 Å². The van der Waals surface area contributed by atoms with Crippen LogP contribution < -0.4 is 4.90 Å². The van der Waals surface area contributed by atoms with Crippen molar-refractivity contribution in [2.24, 2.45) is 16.7 Å². The van der Waals surface area contributed by atoms with Crippen LogP contribution in [0.15, 0.2) is 36.9 Å². The number of cyclic esters (lactones) is 2. The highest BCUT2D eigenvalue weighted by molar-refractivity contribution is 6.04. The number of nitriles is 2. The molecule has 0 aromatic heterocycles. The highest BCUT2D eigenvalue weighted by Gasteiger charge is 2.74. The van der Waals surface area contributed by atoms with Crippen molar-refractivity contribution in [3.63, 3.8) is 0 Å². The van der Waals surface area contributed by atoms with Crippen molar-refractivity contribution in [3.05, 3.63) is 42.5 Å². The van der Waals surface area contributed by atoms with E-state index in [2.05, 4.69) is 18.7 Å². The minimum Gasteiger partial charge on any atom is -0.422 e. The molecule has 1 saturated heterocycles. The molecule has 0 radical (unpaired) electrons. The van der Waals surface area contributed by atoms with Crippen LogP contribution >= 0.6 is 0 Å². The van der Waals surface area contributed by atoms with Crippen molar-refractivity contribution < 1.29 is 19.1 Å². The molecule has 1 heterocycles. The number of carbonyl (C=O) groups excluding carboxylic acids is 2. The molecule has 2 fully saturated rings. The molecule has 1 saturated carbocycles. The second kappa shape index (κ2) is 6.63. The number of hydrogen-bond acceptors (Lipinski definition) is 7. The lowest BCUT2D eigenvalue weighted by atomic mass is 9.64. The Morgan fingerprint density at radius 1 is 1.10 bits per heavy atom. The second-order valence-electron chi connectivity index (χ2n) is 8.21. The molecule has 29 heavy (non-hydrogen) atoms. The molecule has 1 aromatic carbocycles.